The van der Waals surface area contributed by atoms with Crippen molar-refractivity contribution in [3.63, 3.8) is 0 Å². The molecular formula is C19H28BrN3O2S. The van der Waals surface area contributed by atoms with Crippen molar-refractivity contribution in [2.45, 2.75) is 38.3 Å². The van der Waals surface area contributed by atoms with E-state index in [0.717, 1.165) is 29.7 Å². The normalized spacial score (nSPS) is 18.5. The van der Waals surface area contributed by atoms with E-state index in [0.29, 0.717) is 24.6 Å². The number of likely N-dealkylation sites (tertiary alicyclic amines) is 1. The number of hydrogen-bond donors (Lipinski definition) is 2. The Morgan fingerprint density at radius 3 is 2.85 bits per heavy atom. The number of carbonyl (C=O) groups is 2. The molecule has 1 saturated heterocycles. The Hall–Kier alpha value is -1.05. The number of halogens is 1. The number of carbonyl (C=O) groups excluding carboxylic acids is 2. The summed E-state index contributed by atoms with van der Waals surface area (Å²) in [5.74, 6) is 0.496. The predicted octanol–water partition coefficient (Wildman–Crippen LogP) is 2.90. The topological polar surface area (TPSA) is 61.4 Å². The summed E-state index contributed by atoms with van der Waals surface area (Å²) < 4.78 is 0.728. The Morgan fingerprint density at radius 1 is 1.38 bits per heavy atom. The molecule has 5 nitrogen and oxygen atoms in total. The molecule has 0 saturated carbocycles. The third-order valence-corrected chi connectivity index (χ3v) is 6.10. The van der Waals surface area contributed by atoms with Crippen molar-refractivity contribution in [1.82, 2.24) is 15.5 Å². The van der Waals surface area contributed by atoms with E-state index in [1.807, 2.05) is 24.5 Å². The van der Waals surface area contributed by atoms with Gasteiger partial charge in [0.1, 0.15) is 6.04 Å². The Labute approximate surface area is 168 Å². The molecule has 2 unspecified atom stereocenters. The zero-order valence-electron chi connectivity index (χ0n) is 15.5. The van der Waals surface area contributed by atoms with Gasteiger partial charge in [0.05, 0.1) is 5.56 Å². The largest absolute Gasteiger partial charge is 0.353 e. The number of hydrogen-bond acceptors (Lipinski definition) is 4. The Kier molecular flexibility index (Phi) is 8.95. The van der Waals surface area contributed by atoms with E-state index in [4.69, 9.17) is 0 Å². The van der Waals surface area contributed by atoms with Crippen LogP contribution in [0.3, 0.4) is 0 Å². The van der Waals surface area contributed by atoms with Crippen LogP contribution in [0.5, 0.6) is 0 Å². The molecule has 1 aromatic carbocycles. The van der Waals surface area contributed by atoms with Gasteiger partial charge in [-0.15, -0.1) is 0 Å². The molecule has 144 valence electrons. The molecule has 1 aliphatic heterocycles. The van der Waals surface area contributed by atoms with Gasteiger partial charge in [0.2, 0.25) is 5.91 Å². The number of benzene rings is 1. The predicted molar refractivity (Wildman–Crippen MR) is 112 cm³/mol. The van der Waals surface area contributed by atoms with Crippen molar-refractivity contribution in [2.75, 3.05) is 31.6 Å². The summed E-state index contributed by atoms with van der Waals surface area (Å²) in [6, 6.07) is 7.14. The highest BCUT2D eigenvalue weighted by Crippen LogP contribution is 2.17. The average molecular weight is 442 g/mol. The van der Waals surface area contributed by atoms with Gasteiger partial charge < -0.3 is 10.6 Å². The highest BCUT2D eigenvalue weighted by atomic mass is 79.9. The van der Waals surface area contributed by atoms with Crippen molar-refractivity contribution >= 4 is 39.5 Å². The molecule has 0 spiro atoms. The van der Waals surface area contributed by atoms with Crippen LogP contribution in [0.1, 0.15) is 36.5 Å². The maximum absolute atomic E-state index is 12.7. The van der Waals surface area contributed by atoms with E-state index >= 15 is 0 Å². The number of amides is 2. The molecule has 1 aromatic rings. The molecular weight excluding hydrogens is 414 g/mol. The van der Waals surface area contributed by atoms with Crippen LogP contribution in [0.15, 0.2) is 28.7 Å². The summed E-state index contributed by atoms with van der Waals surface area (Å²) in [6.07, 6.45) is 4.92. The van der Waals surface area contributed by atoms with E-state index in [1.165, 1.54) is 6.42 Å². The molecule has 1 fully saturated rings. The van der Waals surface area contributed by atoms with Gasteiger partial charge in [-0.1, -0.05) is 19.1 Å². The highest BCUT2D eigenvalue weighted by molar-refractivity contribution is 9.10. The maximum atomic E-state index is 12.7. The molecule has 1 heterocycles. The number of rotatable bonds is 9. The summed E-state index contributed by atoms with van der Waals surface area (Å²) in [5.41, 5.74) is 0.544. The number of nitrogens with one attached hydrogen (secondary N) is 2. The van der Waals surface area contributed by atoms with Gasteiger partial charge in [-0.3, -0.25) is 14.5 Å². The molecule has 2 rings (SSSR count). The summed E-state index contributed by atoms with van der Waals surface area (Å²) in [5, 5.41) is 5.95. The molecule has 1 aliphatic rings. The molecule has 0 aliphatic carbocycles. The zero-order valence-corrected chi connectivity index (χ0v) is 17.9. The molecule has 26 heavy (non-hydrogen) atoms. The maximum Gasteiger partial charge on any atom is 0.253 e. The first-order chi connectivity index (χ1) is 12.6. The number of likely N-dealkylation sites (N-methyl/N-ethyl adjacent to an activating group) is 1. The minimum Gasteiger partial charge on any atom is -0.353 e. The second-order valence-corrected chi connectivity index (χ2v) is 8.30. The van der Waals surface area contributed by atoms with Crippen LogP contribution in [0.2, 0.25) is 0 Å². The van der Waals surface area contributed by atoms with Crippen LogP contribution in [0.25, 0.3) is 0 Å². The smallest absolute Gasteiger partial charge is 0.253 e. The lowest BCUT2D eigenvalue weighted by molar-refractivity contribution is -0.123. The second-order valence-electron chi connectivity index (χ2n) is 6.46. The Balaban J connectivity index is 1.95. The number of nitrogens with zero attached hydrogens (tertiary/aromatic N) is 1. The monoisotopic (exact) mass is 441 g/mol. The van der Waals surface area contributed by atoms with E-state index in [1.54, 1.807) is 17.8 Å². The average Bonchev–Trinajstić information content (AvgIpc) is 3.10. The van der Waals surface area contributed by atoms with E-state index < -0.39 is 6.04 Å². The molecule has 2 atom stereocenters. The van der Waals surface area contributed by atoms with Gasteiger partial charge in [-0.2, -0.15) is 11.8 Å². The lowest BCUT2D eigenvalue weighted by Crippen LogP contribution is -2.50. The third kappa shape index (κ3) is 5.99. The second kappa shape index (κ2) is 10.9. The first-order valence-corrected chi connectivity index (χ1v) is 11.3. The lowest BCUT2D eigenvalue weighted by atomic mass is 10.1. The fourth-order valence-electron chi connectivity index (χ4n) is 3.27. The van der Waals surface area contributed by atoms with Crippen LogP contribution in [0, 0.1) is 0 Å². The first-order valence-electron chi connectivity index (χ1n) is 9.12. The standard InChI is InChI=1S/C19H28BrN3O2S/c1-3-23-11-6-7-14(23)13-21-19(25)17(10-12-26-2)22-18(24)15-8-4-5-9-16(15)20/h4-5,8-9,14,17H,3,6-7,10-13H2,1-2H3,(H,21,25)(H,22,24). The SMILES string of the molecule is CCN1CCCC1CNC(=O)C(CCSC)NC(=O)c1ccccc1Br. The van der Waals surface area contributed by atoms with E-state index in [9.17, 15) is 9.59 Å². The van der Waals surface area contributed by atoms with E-state index in [-0.39, 0.29) is 11.8 Å². The van der Waals surface area contributed by atoms with Gasteiger partial charge in [0.15, 0.2) is 0 Å². The van der Waals surface area contributed by atoms with Crippen LogP contribution in [0.4, 0.5) is 0 Å². The molecule has 0 bridgehead atoms. The molecule has 0 aromatic heterocycles. The lowest BCUT2D eigenvalue weighted by Gasteiger charge is -2.24. The minimum atomic E-state index is -0.515. The van der Waals surface area contributed by atoms with Gasteiger partial charge in [0.25, 0.3) is 5.91 Å². The minimum absolute atomic E-state index is 0.0950. The zero-order chi connectivity index (χ0) is 18.9. The van der Waals surface area contributed by atoms with Gasteiger partial charge in [-0.05, 0) is 72.4 Å². The van der Waals surface area contributed by atoms with Crippen molar-refractivity contribution in [2.24, 2.45) is 0 Å². The fourth-order valence-corrected chi connectivity index (χ4v) is 4.21. The van der Waals surface area contributed by atoms with Crippen LogP contribution < -0.4 is 10.6 Å². The van der Waals surface area contributed by atoms with Crippen molar-refractivity contribution < 1.29 is 9.59 Å². The number of thioether (sulfide) groups is 1. The summed E-state index contributed by atoms with van der Waals surface area (Å²) in [4.78, 5) is 27.7. The summed E-state index contributed by atoms with van der Waals surface area (Å²) in [7, 11) is 0. The summed E-state index contributed by atoms with van der Waals surface area (Å²) >= 11 is 5.07. The Morgan fingerprint density at radius 2 is 2.15 bits per heavy atom. The van der Waals surface area contributed by atoms with Gasteiger partial charge in [-0.25, -0.2) is 0 Å². The van der Waals surface area contributed by atoms with E-state index in [2.05, 4.69) is 38.4 Å². The fraction of sp³-hybridized carbons (Fsp3) is 0.579. The summed E-state index contributed by atoms with van der Waals surface area (Å²) in [6.45, 7) is 4.91. The van der Waals surface area contributed by atoms with Crippen LogP contribution in [-0.2, 0) is 4.79 Å². The van der Waals surface area contributed by atoms with Crippen molar-refractivity contribution in [3.8, 4) is 0 Å². The van der Waals surface area contributed by atoms with Crippen molar-refractivity contribution in [1.29, 1.82) is 0 Å². The molecule has 0 radical (unpaired) electrons. The first kappa shape index (κ1) is 21.3. The third-order valence-electron chi connectivity index (χ3n) is 4.77. The molecule has 2 N–H and O–H groups in total. The van der Waals surface area contributed by atoms with Gasteiger partial charge in [0, 0.05) is 17.1 Å². The van der Waals surface area contributed by atoms with Gasteiger partial charge >= 0.3 is 0 Å². The highest BCUT2D eigenvalue weighted by Gasteiger charge is 2.26. The molecule has 7 heteroatoms. The molecule has 2 amide bonds. The Bertz CT molecular complexity index is 614. The van der Waals surface area contributed by atoms with Crippen LogP contribution in [-0.4, -0.2) is 60.4 Å². The van der Waals surface area contributed by atoms with Crippen molar-refractivity contribution in [3.05, 3.63) is 34.3 Å². The quantitative estimate of drug-likeness (QED) is 0.618. The van der Waals surface area contributed by atoms with Crippen LogP contribution >= 0.6 is 27.7 Å².